The van der Waals surface area contributed by atoms with E-state index in [4.69, 9.17) is 8.83 Å². The Morgan fingerprint density at radius 1 is 1.12 bits per heavy atom. The lowest BCUT2D eigenvalue weighted by molar-refractivity contribution is -0.120. The van der Waals surface area contributed by atoms with Crippen molar-refractivity contribution in [1.29, 1.82) is 5.26 Å². The van der Waals surface area contributed by atoms with Gasteiger partial charge in [-0.2, -0.15) is 10.2 Å². The van der Waals surface area contributed by atoms with Crippen molar-refractivity contribution in [2.75, 3.05) is 41.3 Å². The van der Waals surface area contributed by atoms with Crippen molar-refractivity contribution in [1.82, 2.24) is 4.98 Å². The molecule has 1 aromatic carbocycles. The Morgan fingerprint density at radius 3 is 2.62 bits per heavy atom. The summed E-state index contributed by atoms with van der Waals surface area (Å²) in [5.74, 6) is 0.409. The molecule has 0 radical (unpaired) electrons. The van der Waals surface area contributed by atoms with Crippen LogP contribution in [0.4, 0.5) is 21.6 Å². The standard InChI is InChI=1S/C25H26FN5O3/c26-18-6-7-21(30-10-2-1-3-11-30)19(15-18)28-23(32)17-8-12-31(13-9-17)25-20(16-27)29-24(34-25)22-5-4-14-33-22/h4-7,14-15,17H,1-3,8-13H2,(H,28,32). The fourth-order valence-electron chi connectivity index (χ4n) is 4.70. The molecule has 9 heteroatoms. The summed E-state index contributed by atoms with van der Waals surface area (Å²) in [7, 11) is 0. The van der Waals surface area contributed by atoms with Crippen molar-refractivity contribution < 1.29 is 18.0 Å². The number of hydrogen-bond acceptors (Lipinski definition) is 7. The SMILES string of the molecule is N#Cc1nc(-c2ccco2)oc1N1CCC(C(=O)Nc2cc(F)ccc2N2CCCCC2)CC1. The third-order valence-corrected chi connectivity index (χ3v) is 6.51. The number of nitrogens with zero attached hydrogens (tertiary/aromatic N) is 4. The largest absolute Gasteiger partial charge is 0.459 e. The van der Waals surface area contributed by atoms with Crippen LogP contribution in [-0.4, -0.2) is 37.1 Å². The summed E-state index contributed by atoms with van der Waals surface area (Å²) >= 11 is 0. The topological polar surface area (TPSA) is 98.5 Å². The van der Waals surface area contributed by atoms with Gasteiger partial charge in [0.1, 0.15) is 11.9 Å². The van der Waals surface area contributed by atoms with Crippen LogP contribution in [0.3, 0.4) is 0 Å². The van der Waals surface area contributed by atoms with E-state index in [0.717, 1.165) is 31.6 Å². The molecule has 0 aliphatic carbocycles. The molecule has 0 spiro atoms. The first-order valence-corrected chi connectivity index (χ1v) is 11.7. The minimum atomic E-state index is -0.368. The van der Waals surface area contributed by atoms with Crippen molar-refractivity contribution >= 4 is 23.2 Å². The average Bonchev–Trinajstić information content (AvgIpc) is 3.55. The lowest BCUT2D eigenvalue weighted by Gasteiger charge is -2.32. The third kappa shape index (κ3) is 4.49. The second kappa shape index (κ2) is 9.59. The van der Waals surface area contributed by atoms with E-state index in [-0.39, 0.29) is 29.2 Å². The summed E-state index contributed by atoms with van der Waals surface area (Å²) in [5.41, 5.74) is 1.59. The van der Waals surface area contributed by atoms with Crippen LogP contribution in [0, 0.1) is 23.1 Å². The van der Waals surface area contributed by atoms with Crippen LogP contribution < -0.4 is 15.1 Å². The number of anilines is 3. The maximum atomic E-state index is 14.0. The molecule has 5 rings (SSSR count). The maximum Gasteiger partial charge on any atom is 0.266 e. The number of oxazole rings is 1. The van der Waals surface area contributed by atoms with Gasteiger partial charge in [0.25, 0.3) is 5.89 Å². The highest BCUT2D eigenvalue weighted by Gasteiger charge is 2.30. The molecular formula is C25H26FN5O3. The molecule has 0 atom stereocenters. The second-order valence-electron chi connectivity index (χ2n) is 8.72. The summed E-state index contributed by atoms with van der Waals surface area (Å²) < 4.78 is 25.1. The lowest BCUT2D eigenvalue weighted by atomic mass is 9.95. The van der Waals surface area contributed by atoms with E-state index >= 15 is 0 Å². The predicted molar refractivity (Wildman–Crippen MR) is 125 cm³/mol. The van der Waals surface area contributed by atoms with E-state index in [1.807, 2.05) is 4.90 Å². The molecule has 34 heavy (non-hydrogen) atoms. The molecule has 176 valence electrons. The Hall–Kier alpha value is -3.80. The molecule has 2 fully saturated rings. The Morgan fingerprint density at radius 2 is 1.91 bits per heavy atom. The number of hydrogen-bond donors (Lipinski definition) is 1. The van der Waals surface area contributed by atoms with Crippen LogP contribution in [0.1, 0.15) is 37.8 Å². The zero-order valence-electron chi connectivity index (χ0n) is 18.8. The van der Waals surface area contributed by atoms with Gasteiger partial charge in [0, 0.05) is 32.1 Å². The molecule has 1 N–H and O–H groups in total. The van der Waals surface area contributed by atoms with Crippen molar-refractivity contribution in [2.24, 2.45) is 5.92 Å². The Kier molecular flexibility index (Phi) is 6.21. The number of halogens is 1. The normalized spacial score (nSPS) is 16.9. The minimum Gasteiger partial charge on any atom is -0.459 e. The molecule has 0 unspecified atom stereocenters. The van der Waals surface area contributed by atoms with Gasteiger partial charge in [0.15, 0.2) is 5.76 Å². The van der Waals surface area contributed by atoms with E-state index in [9.17, 15) is 14.4 Å². The number of amides is 1. The summed E-state index contributed by atoms with van der Waals surface area (Å²) in [6.45, 7) is 2.90. The number of nitrogens with one attached hydrogen (secondary N) is 1. The highest BCUT2D eigenvalue weighted by molar-refractivity contribution is 5.96. The van der Waals surface area contributed by atoms with Crippen LogP contribution >= 0.6 is 0 Å². The highest BCUT2D eigenvalue weighted by atomic mass is 19.1. The summed E-state index contributed by atoms with van der Waals surface area (Å²) in [6.07, 6.45) is 6.07. The molecule has 2 aliphatic heterocycles. The van der Waals surface area contributed by atoms with Gasteiger partial charge in [-0.05, 0) is 62.4 Å². The molecule has 3 aromatic rings. The molecule has 1 amide bonds. The van der Waals surface area contributed by atoms with Crippen LogP contribution in [0.15, 0.2) is 45.4 Å². The molecule has 0 bridgehead atoms. The lowest BCUT2D eigenvalue weighted by Crippen LogP contribution is -2.38. The number of carbonyl (C=O) groups is 1. The van der Waals surface area contributed by atoms with E-state index in [2.05, 4.69) is 21.3 Å². The van der Waals surface area contributed by atoms with Gasteiger partial charge in [0.05, 0.1) is 17.6 Å². The van der Waals surface area contributed by atoms with E-state index < -0.39 is 0 Å². The predicted octanol–water partition coefficient (Wildman–Crippen LogP) is 4.79. The van der Waals surface area contributed by atoms with Crippen molar-refractivity contribution in [2.45, 2.75) is 32.1 Å². The van der Waals surface area contributed by atoms with Gasteiger partial charge in [-0.25, -0.2) is 4.39 Å². The Bertz CT molecular complexity index is 1190. The smallest absolute Gasteiger partial charge is 0.266 e. The number of benzene rings is 1. The fourth-order valence-corrected chi connectivity index (χ4v) is 4.70. The number of aromatic nitrogens is 1. The van der Waals surface area contributed by atoms with E-state index in [1.54, 1.807) is 18.2 Å². The van der Waals surface area contributed by atoms with Crippen LogP contribution in [0.5, 0.6) is 0 Å². The molecule has 2 aliphatic rings. The zero-order valence-corrected chi connectivity index (χ0v) is 18.8. The van der Waals surface area contributed by atoms with Crippen molar-refractivity contribution in [3.05, 3.63) is 48.1 Å². The first-order valence-electron chi connectivity index (χ1n) is 11.7. The highest BCUT2D eigenvalue weighted by Crippen LogP contribution is 2.33. The molecule has 0 saturated carbocycles. The van der Waals surface area contributed by atoms with Crippen molar-refractivity contribution in [3.63, 3.8) is 0 Å². The number of piperidine rings is 2. The van der Waals surface area contributed by atoms with Gasteiger partial charge in [-0.3, -0.25) is 4.79 Å². The average molecular weight is 464 g/mol. The zero-order chi connectivity index (χ0) is 23.5. The Balaban J connectivity index is 1.25. The number of rotatable bonds is 5. The number of carbonyl (C=O) groups excluding carboxylic acids is 1. The van der Waals surface area contributed by atoms with Crippen LogP contribution in [-0.2, 0) is 4.79 Å². The Labute approximate surface area is 197 Å². The summed E-state index contributed by atoms with van der Waals surface area (Å²) in [5, 5.41) is 12.5. The number of nitriles is 1. The van der Waals surface area contributed by atoms with Gasteiger partial charge >= 0.3 is 0 Å². The second-order valence-corrected chi connectivity index (χ2v) is 8.72. The van der Waals surface area contributed by atoms with Gasteiger partial charge in [-0.15, -0.1) is 0 Å². The van der Waals surface area contributed by atoms with E-state index in [0.29, 0.717) is 43.3 Å². The quantitative estimate of drug-likeness (QED) is 0.581. The fraction of sp³-hybridized carbons (Fsp3) is 0.400. The maximum absolute atomic E-state index is 14.0. The summed E-state index contributed by atoms with van der Waals surface area (Å²) in [6, 6.07) is 10.1. The molecule has 2 saturated heterocycles. The summed E-state index contributed by atoms with van der Waals surface area (Å²) in [4.78, 5) is 21.5. The molecule has 2 aromatic heterocycles. The first-order chi connectivity index (χ1) is 16.6. The van der Waals surface area contributed by atoms with Crippen LogP contribution in [0.2, 0.25) is 0 Å². The molecular weight excluding hydrogens is 437 g/mol. The molecule has 8 nitrogen and oxygen atoms in total. The van der Waals surface area contributed by atoms with Gasteiger partial charge in [-0.1, -0.05) is 0 Å². The van der Waals surface area contributed by atoms with E-state index in [1.165, 1.54) is 24.8 Å². The first kappa shape index (κ1) is 22.0. The monoisotopic (exact) mass is 463 g/mol. The van der Waals surface area contributed by atoms with Gasteiger partial charge in [0.2, 0.25) is 17.5 Å². The third-order valence-electron chi connectivity index (χ3n) is 6.51. The minimum absolute atomic E-state index is 0.113. The van der Waals surface area contributed by atoms with Crippen LogP contribution in [0.25, 0.3) is 11.7 Å². The number of furan rings is 1. The molecule has 4 heterocycles. The van der Waals surface area contributed by atoms with Gasteiger partial charge < -0.3 is 24.0 Å². The van der Waals surface area contributed by atoms with Crippen molar-refractivity contribution in [3.8, 4) is 17.7 Å².